The maximum absolute atomic E-state index is 12.3. The Balaban J connectivity index is 2.02. The van der Waals surface area contributed by atoms with E-state index in [4.69, 9.17) is 0 Å². The summed E-state index contributed by atoms with van der Waals surface area (Å²) in [6, 6.07) is 8.63. The predicted molar refractivity (Wildman–Crippen MR) is 88.4 cm³/mol. The molecule has 2 aromatic rings. The van der Waals surface area contributed by atoms with E-state index in [-0.39, 0.29) is 11.3 Å². The molecule has 0 saturated heterocycles. The smallest absolute Gasteiger partial charge is 0.266 e. The van der Waals surface area contributed by atoms with E-state index in [1.165, 1.54) is 4.68 Å². The number of aryl methyl sites for hydroxylation is 1. The molecule has 122 valence electrons. The number of hydrogen-bond acceptors (Lipinski definition) is 5. The number of fused-ring (bicyclic) bond motifs is 1. The summed E-state index contributed by atoms with van der Waals surface area (Å²) >= 11 is 0. The van der Waals surface area contributed by atoms with Gasteiger partial charge in [-0.05, 0) is 12.1 Å². The van der Waals surface area contributed by atoms with Crippen molar-refractivity contribution < 1.29 is 8.42 Å². The minimum Gasteiger partial charge on any atom is -0.366 e. The van der Waals surface area contributed by atoms with Crippen LogP contribution in [0.15, 0.2) is 40.0 Å². The summed E-state index contributed by atoms with van der Waals surface area (Å²) in [7, 11) is -1.66. The Morgan fingerprint density at radius 1 is 1.26 bits per heavy atom. The zero-order valence-corrected chi connectivity index (χ0v) is 14.0. The van der Waals surface area contributed by atoms with E-state index in [2.05, 4.69) is 5.10 Å². The topological polar surface area (TPSA) is 72.3 Å². The monoisotopic (exact) mass is 333 g/mol. The average molecular weight is 333 g/mol. The van der Waals surface area contributed by atoms with Gasteiger partial charge in [0.1, 0.15) is 0 Å². The van der Waals surface area contributed by atoms with Crippen LogP contribution in [-0.4, -0.2) is 30.5 Å². The zero-order chi connectivity index (χ0) is 16.6. The lowest BCUT2D eigenvalue weighted by Gasteiger charge is -2.31. The van der Waals surface area contributed by atoms with Crippen molar-refractivity contribution in [2.75, 3.05) is 17.2 Å². The first-order valence-corrected chi connectivity index (χ1v) is 9.20. The third kappa shape index (κ3) is 2.88. The van der Waals surface area contributed by atoms with Gasteiger partial charge in [-0.1, -0.05) is 19.1 Å². The molecule has 6 nitrogen and oxygen atoms in total. The summed E-state index contributed by atoms with van der Waals surface area (Å²) in [5.41, 5.74) is 2.31. The summed E-state index contributed by atoms with van der Waals surface area (Å²) in [6.45, 7) is 2.81. The lowest BCUT2D eigenvalue weighted by atomic mass is 10.1. The SMILES string of the molecule is CCS(=O)(=O)c1ccccc1N1CCc2nn(C)c(=O)cc2C1. The first kappa shape index (κ1) is 15.7. The van der Waals surface area contributed by atoms with Gasteiger partial charge in [0.2, 0.25) is 0 Å². The Bertz CT molecular complexity index is 903. The van der Waals surface area contributed by atoms with E-state index in [0.717, 1.165) is 11.3 Å². The third-order valence-electron chi connectivity index (χ3n) is 4.16. The Hall–Kier alpha value is -2.15. The van der Waals surface area contributed by atoms with Gasteiger partial charge in [0.15, 0.2) is 9.84 Å². The molecule has 23 heavy (non-hydrogen) atoms. The molecule has 0 unspecified atom stereocenters. The van der Waals surface area contributed by atoms with Crippen LogP contribution in [0.1, 0.15) is 18.2 Å². The van der Waals surface area contributed by atoms with E-state index < -0.39 is 9.84 Å². The summed E-state index contributed by atoms with van der Waals surface area (Å²) in [4.78, 5) is 14.1. The first-order valence-electron chi connectivity index (χ1n) is 7.55. The van der Waals surface area contributed by atoms with Crippen molar-refractivity contribution in [2.45, 2.75) is 24.8 Å². The highest BCUT2D eigenvalue weighted by molar-refractivity contribution is 7.91. The molecule has 0 aliphatic carbocycles. The van der Waals surface area contributed by atoms with Gasteiger partial charge < -0.3 is 4.90 Å². The van der Waals surface area contributed by atoms with Gasteiger partial charge >= 0.3 is 0 Å². The highest BCUT2D eigenvalue weighted by Crippen LogP contribution is 2.29. The van der Waals surface area contributed by atoms with E-state index >= 15 is 0 Å². The fourth-order valence-corrected chi connectivity index (χ4v) is 3.95. The number of benzene rings is 1. The summed E-state index contributed by atoms with van der Waals surface area (Å²) < 4.78 is 26.0. The molecule has 2 heterocycles. The molecule has 1 aliphatic heterocycles. The second kappa shape index (κ2) is 5.81. The van der Waals surface area contributed by atoms with E-state index in [9.17, 15) is 13.2 Å². The fourth-order valence-electron chi connectivity index (χ4n) is 2.84. The van der Waals surface area contributed by atoms with Crippen LogP contribution >= 0.6 is 0 Å². The van der Waals surface area contributed by atoms with E-state index in [1.54, 1.807) is 32.2 Å². The van der Waals surface area contributed by atoms with Gasteiger partial charge in [0.05, 0.1) is 22.0 Å². The number of para-hydroxylation sites is 1. The second-order valence-corrected chi connectivity index (χ2v) is 7.87. The number of nitrogens with zero attached hydrogens (tertiary/aromatic N) is 3. The average Bonchev–Trinajstić information content (AvgIpc) is 2.55. The van der Waals surface area contributed by atoms with Crippen molar-refractivity contribution in [1.82, 2.24) is 9.78 Å². The maximum atomic E-state index is 12.3. The molecule has 1 aromatic heterocycles. The Labute approximate surface area is 135 Å². The van der Waals surface area contributed by atoms with Crippen LogP contribution in [0, 0.1) is 0 Å². The Morgan fingerprint density at radius 3 is 2.74 bits per heavy atom. The molecule has 0 spiro atoms. The normalized spacial score (nSPS) is 14.6. The van der Waals surface area contributed by atoms with Gasteiger partial charge in [-0.3, -0.25) is 4.79 Å². The van der Waals surface area contributed by atoms with Crippen molar-refractivity contribution in [3.8, 4) is 0 Å². The third-order valence-corrected chi connectivity index (χ3v) is 5.93. The van der Waals surface area contributed by atoms with Crippen molar-refractivity contribution in [3.63, 3.8) is 0 Å². The van der Waals surface area contributed by atoms with Crippen molar-refractivity contribution in [1.29, 1.82) is 0 Å². The summed E-state index contributed by atoms with van der Waals surface area (Å²) in [5, 5.41) is 4.29. The highest BCUT2D eigenvalue weighted by Gasteiger charge is 2.24. The number of rotatable bonds is 3. The number of sulfone groups is 1. The predicted octanol–water partition coefficient (Wildman–Crippen LogP) is 1.14. The van der Waals surface area contributed by atoms with Crippen LogP contribution in [0.4, 0.5) is 5.69 Å². The summed E-state index contributed by atoms with van der Waals surface area (Å²) in [5.74, 6) is 0.0660. The van der Waals surface area contributed by atoms with Gasteiger partial charge in [0, 0.05) is 38.2 Å². The maximum Gasteiger partial charge on any atom is 0.266 e. The van der Waals surface area contributed by atoms with E-state index in [1.807, 2.05) is 17.0 Å². The largest absolute Gasteiger partial charge is 0.366 e. The molecule has 0 fully saturated rings. The van der Waals surface area contributed by atoms with Crippen molar-refractivity contribution in [3.05, 3.63) is 51.9 Å². The molecule has 0 N–H and O–H groups in total. The molecular weight excluding hydrogens is 314 g/mol. The molecule has 0 radical (unpaired) electrons. The standard InChI is InChI=1S/C16H19N3O3S/c1-3-23(21,22)15-7-5-4-6-14(15)19-9-8-13-12(11-19)10-16(20)18(2)17-13/h4-7,10H,3,8-9,11H2,1-2H3. The van der Waals surface area contributed by atoms with Crippen LogP contribution < -0.4 is 10.5 Å². The molecule has 1 aromatic carbocycles. The lowest BCUT2D eigenvalue weighted by molar-refractivity contribution is 0.594. The number of aromatic nitrogens is 2. The van der Waals surface area contributed by atoms with E-state index in [0.29, 0.717) is 30.1 Å². The minimum atomic E-state index is -3.29. The van der Waals surface area contributed by atoms with Crippen LogP contribution in [0.5, 0.6) is 0 Å². The minimum absolute atomic E-state index is 0.0660. The fraction of sp³-hybridized carbons (Fsp3) is 0.375. The molecule has 1 aliphatic rings. The quantitative estimate of drug-likeness (QED) is 0.842. The molecule has 7 heteroatoms. The van der Waals surface area contributed by atoms with Crippen molar-refractivity contribution in [2.24, 2.45) is 7.05 Å². The second-order valence-electron chi connectivity index (χ2n) is 5.62. The van der Waals surface area contributed by atoms with Gasteiger partial charge in [0.25, 0.3) is 5.56 Å². The van der Waals surface area contributed by atoms with Crippen molar-refractivity contribution >= 4 is 15.5 Å². The van der Waals surface area contributed by atoms with Crippen LogP contribution in [0.25, 0.3) is 0 Å². The Morgan fingerprint density at radius 2 is 2.00 bits per heavy atom. The van der Waals surface area contributed by atoms with Crippen LogP contribution in [0.3, 0.4) is 0 Å². The first-order chi connectivity index (χ1) is 10.9. The lowest BCUT2D eigenvalue weighted by Crippen LogP contribution is -2.35. The number of anilines is 1. The highest BCUT2D eigenvalue weighted by atomic mass is 32.2. The molecule has 0 atom stereocenters. The van der Waals surface area contributed by atoms with Gasteiger partial charge in [-0.15, -0.1) is 0 Å². The molecule has 3 rings (SSSR count). The van der Waals surface area contributed by atoms with Gasteiger partial charge in [-0.2, -0.15) is 5.10 Å². The molecular formula is C16H19N3O3S. The number of hydrogen-bond donors (Lipinski definition) is 0. The van der Waals surface area contributed by atoms with Crippen LogP contribution in [0.2, 0.25) is 0 Å². The molecule has 0 saturated carbocycles. The van der Waals surface area contributed by atoms with Gasteiger partial charge in [-0.25, -0.2) is 13.1 Å². The zero-order valence-electron chi connectivity index (χ0n) is 13.2. The molecule has 0 amide bonds. The summed E-state index contributed by atoms with van der Waals surface area (Å²) in [6.07, 6.45) is 0.684. The Kier molecular flexibility index (Phi) is 3.97. The van der Waals surface area contributed by atoms with Crippen LogP contribution in [-0.2, 0) is 29.9 Å². The molecule has 0 bridgehead atoms.